The maximum Gasteiger partial charge on any atom is 0.125 e. The number of piperazine rings is 1. The third kappa shape index (κ3) is 3.15. The van der Waals surface area contributed by atoms with Crippen molar-refractivity contribution in [3.8, 4) is 0 Å². The van der Waals surface area contributed by atoms with Gasteiger partial charge in [0.25, 0.3) is 0 Å². The van der Waals surface area contributed by atoms with Crippen molar-refractivity contribution in [1.29, 1.82) is 0 Å². The predicted octanol–water partition coefficient (Wildman–Crippen LogP) is 3.09. The highest BCUT2D eigenvalue weighted by Gasteiger charge is 2.19. The molecule has 0 bridgehead atoms. The lowest BCUT2D eigenvalue weighted by atomic mass is 10.1. The van der Waals surface area contributed by atoms with Crippen LogP contribution in [-0.2, 0) is 5.88 Å². The van der Waals surface area contributed by atoms with Crippen molar-refractivity contribution >= 4 is 17.3 Å². The van der Waals surface area contributed by atoms with E-state index in [0.29, 0.717) is 11.9 Å². The summed E-state index contributed by atoms with van der Waals surface area (Å²) >= 11 is 5.78. The van der Waals surface area contributed by atoms with Crippen molar-refractivity contribution in [3.63, 3.8) is 0 Å². The Balaban J connectivity index is 2.07. The van der Waals surface area contributed by atoms with E-state index in [9.17, 15) is 4.39 Å². The third-order valence-corrected chi connectivity index (χ3v) is 3.81. The van der Waals surface area contributed by atoms with Gasteiger partial charge in [-0.2, -0.15) is 0 Å². The van der Waals surface area contributed by atoms with Crippen LogP contribution in [0.5, 0.6) is 0 Å². The molecule has 0 amide bonds. The second-order valence-electron chi connectivity index (χ2n) is 5.07. The second kappa shape index (κ2) is 5.89. The smallest absolute Gasteiger partial charge is 0.125 e. The SMILES string of the molecule is CC(C)N1CCN(c2cc(F)cc(CCl)c2)CC1. The van der Waals surface area contributed by atoms with E-state index in [4.69, 9.17) is 11.6 Å². The molecule has 0 aromatic heterocycles. The zero-order valence-corrected chi connectivity index (χ0v) is 11.8. The highest BCUT2D eigenvalue weighted by molar-refractivity contribution is 6.17. The van der Waals surface area contributed by atoms with Gasteiger partial charge in [-0.3, -0.25) is 4.90 Å². The van der Waals surface area contributed by atoms with E-state index in [1.807, 2.05) is 6.07 Å². The lowest BCUT2D eigenvalue weighted by Gasteiger charge is -2.38. The number of halogens is 2. The number of nitrogens with zero attached hydrogens (tertiary/aromatic N) is 2. The molecule has 1 aliphatic rings. The molecule has 1 heterocycles. The van der Waals surface area contributed by atoms with E-state index in [2.05, 4.69) is 23.6 Å². The van der Waals surface area contributed by atoms with E-state index >= 15 is 0 Å². The molecule has 1 aromatic rings. The van der Waals surface area contributed by atoms with Crippen molar-refractivity contribution in [2.24, 2.45) is 0 Å². The van der Waals surface area contributed by atoms with Crippen molar-refractivity contribution in [3.05, 3.63) is 29.6 Å². The van der Waals surface area contributed by atoms with Crippen LogP contribution in [0.15, 0.2) is 18.2 Å². The third-order valence-electron chi connectivity index (χ3n) is 3.51. The summed E-state index contributed by atoms with van der Waals surface area (Å²) in [5.41, 5.74) is 1.80. The summed E-state index contributed by atoms with van der Waals surface area (Å²) in [5, 5.41) is 0. The van der Waals surface area contributed by atoms with Crippen LogP contribution in [0, 0.1) is 5.82 Å². The van der Waals surface area contributed by atoms with Crippen molar-refractivity contribution in [1.82, 2.24) is 4.90 Å². The Hall–Kier alpha value is -0.800. The first-order valence-corrected chi connectivity index (χ1v) is 6.98. The summed E-state index contributed by atoms with van der Waals surface area (Å²) in [6.45, 7) is 8.38. The molecule has 1 saturated heterocycles. The van der Waals surface area contributed by atoms with Crippen LogP contribution in [0.1, 0.15) is 19.4 Å². The molecular formula is C14H20ClFN2. The first-order chi connectivity index (χ1) is 8.60. The molecule has 0 radical (unpaired) electrons. The van der Waals surface area contributed by atoms with Crippen LogP contribution in [0.25, 0.3) is 0 Å². The van der Waals surface area contributed by atoms with Crippen LogP contribution >= 0.6 is 11.6 Å². The summed E-state index contributed by atoms with van der Waals surface area (Å²) in [6.07, 6.45) is 0. The minimum atomic E-state index is -0.200. The monoisotopic (exact) mass is 270 g/mol. The molecular weight excluding hydrogens is 251 g/mol. The minimum absolute atomic E-state index is 0.200. The van der Waals surface area contributed by atoms with Gasteiger partial charge in [0.05, 0.1) is 0 Å². The first-order valence-electron chi connectivity index (χ1n) is 6.44. The molecule has 0 N–H and O–H groups in total. The van der Waals surface area contributed by atoms with E-state index in [1.165, 1.54) is 6.07 Å². The quantitative estimate of drug-likeness (QED) is 0.779. The Morgan fingerprint density at radius 3 is 2.39 bits per heavy atom. The fraction of sp³-hybridized carbons (Fsp3) is 0.571. The van der Waals surface area contributed by atoms with Crippen LogP contribution in [-0.4, -0.2) is 37.1 Å². The Morgan fingerprint density at radius 1 is 1.17 bits per heavy atom. The summed E-state index contributed by atoms with van der Waals surface area (Å²) in [7, 11) is 0. The zero-order valence-electron chi connectivity index (χ0n) is 11.0. The molecule has 0 aliphatic carbocycles. The molecule has 1 aliphatic heterocycles. The van der Waals surface area contributed by atoms with Gasteiger partial charge in [0.15, 0.2) is 0 Å². The second-order valence-corrected chi connectivity index (χ2v) is 5.34. The zero-order chi connectivity index (χ0) is 13.1. The standard InChI is InChI=1S/C14H20ClFN2/c1-11(2)17-3-5-18(6-4-17)14-8-12(10-15)7-13(16)9-14/h7-9,11H,3-6,10H2,1-2H3. The average molecular weight is 271 g/mol. The highest BCUT2D eigenvalue weighted by atomic mass is 35.5. The highest BCUT2D eigenvalue weighted by Crippen LogP contribution is 2.21. The van der Waals surface area contributed by atoms with Gasteiger partial charge in [-0.25, -0.2) is 4.39 Å². The molecule has 0 spiro atoms. The maximum atomic E-state index is 13.5. The van der Waals surface area contributed by atoms with Crippen molar-refractivity contribution in [2.45, 2.75) is 25.8 Å². The normalized spacial score (nSPS) is 17.5. The predicted molar refractivity (Wildman–Crippen MR) is 74.9 cm³/mol. The molecule has 1 fully saturated rings. The van der Waals surface area contributed by atoms with Gasteiger partial charge in [-0.05, 0) is 37.6 Å². The van der Waals surface area contributed by atoms with Crippen molar-refractivity contribution in [2.75, 3.05) is 31.1 Å². The average Bonchev–Trinajstić information content (AvgIpc) is 2.38. The number of hydrogen-bond acceptors (Lipinski definition) is 2. The number of rotatable bonds is 3. The van der Waals surface area contributed by atoms with Crippen LogP contribution in [0.4, 0.5) is 10.1 Å². The van der Waals surface area contributed by atoms with Gasteiger partial charge in [-0.15, -0.1) is 11.6 Å². The molecule has 1 aromatic carbocycles. The number of hydrogen-bond donors (Lipinski definition) is 0. The van der Waals surface area contributed by atoms with E-state index in [1.54, 1.807) is 6.07 Å². The summed E-state index contributed by atoms with van der Waals surface area (Å²) in [4.78, 5) is 4.68. The summed E-state index contributed by atoms with van der Waals surface area (Å²) < 4.78 is 13.5. The largest absolute Gasteiger partial charge is 0.369 e. The van der Waals surface area contributed by atoms with Gasteiger partial charge in [-0.1, -0.05) is 0 Å². The summed E-state index contributed by atoms with van der Waals surface area (Å²) in [6, 6.07) is 5.67. The topological polar surface area (TPSA) is 6.48 Å². The molecule has 100 valence electrons. The number of alkyl halides is 1. The van der Waals surface area contributed by atoms with Crippen LogP contribution in [0.3, 0.4) is 0 Å². The first kappa shape index (κ1) is 13.6. The fourth-order valence-electron chi connectivity index (χ4n) is 2.39. The fourth-order valence-corrected chi connectivity index (χ4v) is 2.54. The molecule has 18 heavy (non-hydrogen) atoms. The van der Waals surface area contributed by atoms with E-state index in [-0.39, 0.29) is 5.82 Å². The lowest BCUT2D eigenvalue weighted by molar-refractivity contribution is 0.209. The van der Waals surface area contributed by atoms with Gasteiger partial charge in [0.2, 0.25) is 0 Å². The molecule has 0 unspecified atom stereocenters. The Morgan fingerprint density at radius 2 is 1.83 bits per heavy atom. The Labute approximate surface area is 113 Å². The number of benzene rings is 1. The summed E-state index contributed by atoms with van der Waals surface area (Å²) in [5.74, 6) is 0.158. The van der Waals surface area contributed by atoms with Gasteiger partial charge < -0.3 is 4.90 Å². The number of anilines is 1. The Bertz CT molecular complexity index is 401. The molecule has 2 rings (SSSR count). The van der Waals surface area contributed by atoms with Crippen LogP contribution in [0.2, 0.25) is 0 Å². The molecule has 4 heteroatoms. The van der Waals surface area contributed by atoms with Gasteiger partial charge in [0.1, 0.15) is 5.82 Å². The lowest BCUT2D eigenvalue weighted by Crippen LogP contribution is -2.48. The Kier molecular flexibility index (Phi) is 4.46. The van der Waals surface area contributed by atoms with Gasteiger partial charge >= 0.3 is 0 Å². The molecule has 0 atom stereocenters. The van der Waals surface area contributed by atoms with E-state index < -0.39 is 0 Å². The van der Waals surface area contributed by atoms with Crippen molar-refractivity contribution < 1.29 is 4.39 Å². The van der Waals surface area contributed by atoms with Crippen LogP contribution < -0.4 is 4.90 Å². The maximum absolute atomic E-state index is 13.5. The molecule has 2 nitrogen and oxygen atoms in total. The van der Waals surface area contributed by atoms with E-state index in [0.717, 1.165) is 37.4 Å². The van der Waals surface area contributed by atoms with Gasteiger partial charge in [0, 0.05) is 43.8 Å². The minimum Gasteiger partial charge on any atom is -0.369 e. The molecule has 0 saturated carbocycles.